The van der Waals surface area contributed by atoms with Gasteiger partial charge in [-0.25, -0.2) is 0 Å². The van der Waals surface area contributed by atoms with Crippen LogP contribution in [-0.4, -0.2) is 28.2 Å². The molecule has 88 valence electrons. The molecule has 1 rings (SSSR count). The minimum absolute atomic E-state index is 0.0530. The molecule has 0 radical (unpaired) electrons. The highest BCUT2D eigenvalue weighted by Gasteiger charge is 2.24. The molecule has 0 aliphatic rings. The van der Waals surface area contributed by atoms with Gasteiger partial charge in [0.15, 0.2) is 0 Å². The number of hydrogen-bond acceptors (Lipinski definition) is 4. The molecule has 0 bridgehead atoms. The molecular formula is C10H13NO4S. The third kappa shape index (κ3) is 3.63. The molecule has 0 aliphatic carbocycles. The number of hydrogen-bond donors (Lipinski definition) is 3. The van der Waals surface area contributed by atoms with E-state index in [1.807, 2.05) is 17.5 Å². The maximum Gasteiger partial charge on any atom is 0.320 e. The number of carboxylic acids is 2. The Labute approximate surface area is 96.5 Å². The summed E-state index contributed by atoms with van der Waals surface area (Å²) in [6.45, 7) is 0. The first-order chi connectivity index (χ1) is 7.50. The Morgan fingerprint density at radius 3 is 2.50 bits per heavy atom. The van der Waals surface area contributed by atoms with Gasteiger partial charge >= 0.3 is 11.9 Å². The second-order valence-corrected chi connectivity index (χ2v) is 4.53. The molecule has 16 heavy (non-hydrogen) atoms. The van der Waals surface area contributed by atoms with Crippen molar-refractivity contribution in [3.8, 4) is 0 Å². The summed E-state index contributed by atoms with van der Waals surface area (Å²) >= 11 is 1.45. The summed E-state index contributed by atoms with van der Waals surface area (Å²) in [5.41, 5.74) is 5.32. The predicted octanol–water partition coefficient (Wildman–Crippen LogP) is 0.793. The Hall–Kier alpha value is -1.40. The fourth-order valence-corrected chi connectivity index (χ4v) is 2.14. The average molecular weight is 243 g/mol. The van der Waals surface area contributed by atoms with Crippen LogP contribution >= 0.6 is 11.3 Å². The fraction of sp³-hybridized carbons (Fsp3) is 0.400. The summed E-state index contributed by atoms with van der Waals surface area (Å²) in [7, 11) is 0. The van der Waals surface area contributed by atoms with Crippen LogP contribution in [0.15, 0.2) is 17.5 Å². The molecule has 1 aromatic heterocycles. The standard InChI is InChI=1S/C10H13NO4S/c11-8(10(14)15)5-6(9(12)13)4-7-2-1-3-16-7/h1-3,6,8H,4-5,11H2,(H,12,13)(H,14,15)/t6-,8-/m1/s1. The van der Waals surface area contributed by atoms with E-state index in [0.717, 1.165) is 4.88 Å². The minimum atomic E-state index is -1.17. The Balaban J connectivity index is 2.61. The number of carbonyl (C=O) groups is 2. The Bertz CT molecular complexity index is 363. The van der Waals surface area contributed by atoms with E-state index in [9.17, 15) is 9.59 Å². The van der Waals surface area contributed by atoms with Gasteiger partial charge in [-0.1, -0.05) is 6.07 Å². The summed E-state index contributed by atoms with van der Waals surface area (Å²) in [4.78, 5) is 22.4. The highest BCUT2D eigenvalue weighted by molar-refractivity contribution is 7.09. The fourth-order valence-electron chi connectivity index (χ4n) is 1.35. The summed E-state index contributed by atoms with van der Waals surface area (Å²) in [5.74, 6) is -2.92. The van der Waals surface area contributed by atoms with Gasteiger partial charge < -0.3 is 15.9 Å². The van der Waals surface area contributed by atoms with Crippen LogP contribution in [0.4, 0.5) is 0 Å². The third-order valence-electron chi connectivity index (χ3n) is 2.23. The molecule has 0 amide bonds. The largest absolute Gasteiger partial charge is 0.481 e. The van der Waals surface area contributed by atoms with E-state index in [1.165, 1.54) is 11.3 Å². The molecule has 0 saturated heterocycles. The van der Waals surface area contributed by atoms with Crippen LogP contribution in [0.3, 0.4) is 0 Å². The second-order valence-electron chi connectivity index (χ2n) is 3.50. The van der Waals surface area contributed by atoms with Crippen LogP contribution in [0.2, 0.25) is 0 Å². The Morgan fingerprint density at radius 1 is 1.38 bits per heavy atom. The molecule has 4 N–H and O–H groups in total. The molecule has 0 spiro atoms. The maximum atomic E-state index is 10.9. The van der Waals surface area contributed by atoms with Gasteiger partial charge in [0.25, 0.3) is 0 Å². The van der Waals surface area contributed by atoms with Crippen molar-refractivity contribution in [1.29, 1.82) is 0 Å². The van der Waals surface area contributed by atoms with Gasteiger partial charge in [0.1, 0.15) is 6.04 Å². The lowest BCUT2D eigenvalue weighted by atomic mass is 9.96. The number of thiophene rings is 1. The molecule has 0 saturated carbocycles. The van der Waals surface area contributed by atoms with E-state index < -0.39 is 23.9 Å². The zero-order valence-corrected chi connectivity index (χ0v) is 9.31. The van der Waals surface area contributed by atoms with Crippen LogP contribution < -0.4 is 5.73 Å². The summed E-state index contributed by atoms with van der Waals surface area (Å²) in [5, 5.41) is 19.4. The van der Waals surface area contributed by atoms with E-state index >= 15 is 0 Å². The van der Waals surface area contributed by atoms with Crippen molar-refractivity contribution in [2.75, 3.05) is 0 Å². The van der Waals surface area contributed by atoms with Crippen molar-refractivity contribution in [1.82, 2.24) is 0 Å². The van der Waals surface area contributed by atoms with Crippen molar-refractivity contribution >= 4 is 23.3 Å². The lowest BCUT2D eigenvalue weighted by molar-refractivity contribution is -0.143. The molecular weight excluding hydrogens is 230 g/mol. The quantitative estimate of drug-likeness (QED) is 0.686. The molecule has 1 aromatic rings. The Morgan fingerprint density at radius 2 is 2.06 bits per heavy atom. The number of nitrogens with two attached hydrogens (primary N) is 1. The van der Waals surface area contributed by atoms with Crippen LogP contribution in [0, 0.1) is 5.92 Å². The van der Waals surface area contributed by atoms with E-state index in [0.29, 0.717) is 6.42 Å². The number of carboxylic acid groups (broad SMARTS) is 2. The van der Waals surface area contributed by atoms with Crippen molar-refractivity contribution in [2.24, 2.45) is 11.7 Å². The summed E-state index contributed by atoms with van der Waals surface area (Å²) in [6.07, 6.45) is 0.274. The highest BCUT2D eigenvalue weighted by Crippen LogP contribution is 2.18. The van der Waals surface area contributed by atoms with Gasteiger partial charge in [0.2, 0.25) is 0 Å². The number of rotatable bonds is 6. The highest BCUT2D eigenvalue weighted by atomic mass is 32.1. The third-order valence-corrected chi connectivity index (χ3v) is 3.13. The van der Waals surface area contributed by atoms with Gasteiger partial charge in [-0.2, -0.15) is 0 Å². The SMILES string of the molecule is N[C@H](C[C@@H](Cc1cccs1)C(=O)O)C(=O)O. The van der Waals surface area contributed by atoms with Crippen molar-refractivity contribution in [3.63, 3.8) is 0 Å². The molecule has 6 heteroatoms. The zero-order valence-electron chi connectivity index (χ0n) is 8.50. The monoisotopic (exact) mass is 243 g/mol. The van der Waals surface area contributed by atoms with Crippen LogP contribution in [-0.2, 0) is 16.0 Å². The second kappa shape index (κ2) is 5.62. The van der Waals surface area contributed by atoms with Crippen molar-refractivity contribution < 1.29 is 19.8 Å². The predicted molar refractivity (Wildman–Crippen MR) is 59.4 cm³/mol. The molecule has 5 nitrogen and oxygen atoms in total. The summed E-state index contributed by atoms with van der Waals surface area (Å²) < 4.78 is 0. The number of aliphatic carboxylic acids is 2. The lowest BCUT2D eigenvalue weighted by Crippen LogP contribution is -2.35. The molecule has 2 atom stereocenters. The van der Waals surface area contributed by atoms with Gasteiger partial charge in [-0.05, 0) is 24.3 Å². The molecule has 0 unspecified atom stereocenters. The average Bonchev–Trinajstić information content (AvgIpc) is 2.68. The topological polar surface area (TPSA) is 101 Å². The first-order valence-corrected chi connectivity index (χ1v) is 5.62. The first kappa shape index (κ1) is 12.7. The van der Waals surface area contributed by atoms with Crippen molar-refractivity contribution in [2.45, 2.75) is 18.9 Å². The molecule has 0 aliphatic heterocycles. The van der Waals surface area contributed by atoms with E-state index in [2.05, 4.69) is 0 Å². The van der Waals surface area contributed by atoms with Crippen LogP contribution in [0.5, 0.6) is 0 Å². The van der Waals surface area contributed by atoms with Gasteiger partial charge in [-0.15, -0.1) is 11.3 Å². The lowest BCUT2D eigenvalue weighted by Gasteiger charge is -2.13. The van der Waals surface area contributed by atoms with Crippen LogP contribution in [0.1, 0.15) is 11.3 Å². The molecule has 1 heterocycles. The van der Waals surface area contributed by atoms with Gasteiger partial charge in [-0.3, -0.25) is 9.59 Å². The molecule has 0 aromatic carbocycles. The van der Waals surface area contributed by atoms with E-state index in [4.69, 9.17) is 15.9 Å². The van der Waals surface area contributed by atoms with Crippen molar-refractivity contribution in [3.05, 3.63) is 22.4 Å². The van der Waals surface area contributed by atoms with Crippen LogP contribution in [0.25, 0.3) is 0 Å². The van der Waals surface area contributed by atoms with Gasteiger partial charge in [0, 0.05) is 4.88 Å². The maximum absolute atomic E-state index is 10.9. The van der Waals surface area contributed by atoms with Gasteiger partial charge in [0.05, 0.1) is 5.92 Å². The normalized spacial score (nSPS) is 14.3. The van der Waals surface area contributed by atoms with E-state index in [1.54, 1.807) is 0 Å². The first-order valence-electron chi connectivity index (χ1n) is 4.74. The minimum Gasteiger partial charge on any atom is -0.481 e. The van der Waals surface area contributed by atoms with E-state index in [-0.39, 0.29) is 6.42 Å². The molecule has 0 fully saturated rings. The summed E-state index contributed by atoms with van der Waals surface area (Å²) in [6, 6.07) is 2.53. The Kier molecular flexibility index (Phi) is 4.45. The smallest absolute Gasteiger partial charge is 0.320 e. The zero-order chi connectivity index (χ0) is 12.1.